The van der Waals surface area contributed by atoms with Gasteiger partial charge in [0, 0.05) is 5.56 Å². The summed E-state index contributed by atoms with van der Waals surface area (Å²) >= 11 is 1.46. The molecule has 0 radical (unpaired) electrons. The zero-order valence-electron chi connectivity index (χ0n) is 10.5. The molecular formula is C14H14N2S. The predicted molar refractivity (Wildman–Crippen MR) is 71.2 cm³/mol. The third-order valence-corrected chi connectivity index (χ3v) is 3.62. The molecule has 2 aromatic rings. The third-order valence-electron chi connectivity index (χ3n) is 2.75. The van der Waals surface area contributed by atoms with E-state index >= 15 is 0 Å². The average Bonchev–Trinajstić information content (AvgIpc) is 2.58. The van der Waals surface area contributed by atoms with Crippen LogP contribution in [0, 0.1) is 39.0 Å². The van der Waals surface area contributed by atoms with Gasteiger partial charge < -0.3 is 0 Å². The Bertz CT molecular complexity index is 595. The van der Waals surface area contributed by atoms with Gasteiger partial charge >= 0.3 is 0 Å². The van der Waals surface area contributed by atoms with Gasteiger partial charge in [-0.2, -0.15) is 5.26 Å². The molecule has 0 N–H and O–H groups in total. The van der Waals surface area contributed by atoms with Crippen LogP contribution in [-0.2, 0) is 0 Å². The largest absolute Gasteiger partial charge is 0.240 e. The van der Waals surface area contributed by atoms with Crippen LogP contribution in [0.1, 0.15) is 26.6 Å². The molecule has 0 saturated carbocycles. The zero-order valence-corrected chi connectivity index (χ0v) is 11.3. The summed E-state index contributed by atoms with van der Waals surface area (Å²) in [5.74, 6) is 0. The molecule has 0 unspecified atom stereocenters. The fourth-order valence-corrected chi connectivity index (χ4v) is 2.95. The van der Waals surface area contributed by atoms with Gasteiger partial charge in [0.2, 0.25) is 0 Å². The maximum atomic E-state index is 9.15. The molecule has 0 atom stereocenters. The van der Waals surface area contributed by atoms with Gasteiger partial charge in [0.15, 0.2) is 0 Å². The van der Waals surface area contributed by atoms with E-state index in [1.165, 1.54) is 28.0 Å². The number of nitrogens with zero attached hydrogens (tertiary/aromatic N) is 2. The van der Waals surface area contributed by atoms with Gasteiger partial charge in [-0.05, 0) is 38.8 Å². The van der Waals surface area contributed by atoms with Crippen molar-refractivity contribution in [2.45, 2.75) is 27.7 Å². The number of rotatable bonds is 1. The normalized spacial score (nSPS) is 10.3. The van der Waals surface area contributed by atoms with Crippen molar-refractivity contribution in [2.24, 2.45) is 0 Å². The van der Waals surface area contributed by atoms with Crippen LogP contribution in [0.5, 0.6) is 0 Å². The lowest BCUT2D eigenvalue weighted by molar-refractivity contribution is 1.25. The van der Waals surface area contributed by atoms with Crippen molar-refractivity contribution >= 4 is 11.3 Å². The minimum absolute atomic E-state index is 0.706. The van der Waals surface area contributed by atoms with E-state index in [0.29, 0.717) is 4.88 Å². The van der Waals surface area contributed by atoms with Crippen molar-refractivity contribution in [3.63, 3.8) is 0 Å². The molecule has 0 amide bonds. The summed E-state index contributed by atoms with van der Waals surface area (Å²) in [6.45, 7) is 8.17. The summed E-state index contributed by atoms with van der Waals surface area (Å²) < 4.78 is 0. The fraction of sp³-hybridized carbons (Fsp3) is 0.286. The Labute approximate surface area is 106 Å². The van der Waals surface area contributed by atoms with Gasteiger partial charge in [-0.1, -0.05) is 17.7 Å². The number of thiazole rings is 1. The summed E-state index contributed by atoms with van der Waals surface area (Å²) in [4.78, 5) is 5.21. The van der Waals surface area contributed by atoms with E-state index in [1.807, 2.05) is 6.92 Å². The second-order valence-corrected chi connectivity index (χ2v) is 5.50. The number of nitriles is 1. The Hall–Kier alpha value is -1.66. The van der Waals surface area contributed by atoms with E-state index in [1.54, 1.807) is 0 Å². The van der Waals surface area contributed by atoms with E-state index in [2.05, 4.69) is 44.0 Å². The molecule has 86 valence electrons. The van der Waals surface area contributed by atoms with E-state index in [9.17, 15) is 0 Å². The van der Waals surface area contributed by atoms with Crippen LogP contribution >= 0.6 is 11.3 Å². The highest BCUT2D eigenvalue weighted by Crippen LogP contribution is 2.32. The molecular weight excluding hydrogens is 228 g/mol. The van der Waals surface area contributed by atoms with Crippen LogP contribution in [-0.4, -0.2) is 4.98 Å². The van der Waals surface area contributed by atoms with Gasteiger partial charge in [0.25, 0.3) is 0 Å². The molecule has 0 aliphatic heterocycles. The van der Waals surface area contributed by atoms with Crippen LogP contribution in [0.25, 0.3) is 11.3 Å². The lowest BCUT2D eigenvalue weighted by atomic mass is 9.97. The van der Waals surface area contributed by atoms with Gasteiger partial charge in [0.05, 0.1) is 10.7 Å². The maximum Gasteiger partial charge on any atom is 0.132 e. The van der Waals surface area contributed by atoms with Crippen molar-refractivity contribution in [2.75, 3.05) is 0 Å². The average molecular weight is 242 g/mol. The standard InChI is InChI=1S/C14H14N2S/c1-8-5-9(2)13(10(3)6-8)14-12(7-15)17-11(4)16-14/h5-6H,1-4H3. The minimum atomic E-state index is 0.706. The van der Waals surface area contributed by atoms with Gasteiger partial charge in [-0.25, -0.2) is 4.98 Å². The quantitative estimate of drug-likeness (QED) is 0.760. The first-order valence-corrected chi connectivity index (χ1v) is 6.30. The lowest BCUT2D eigenvalue weighted by Gasteiger charge is -2.09. The Morgan fingerprint density at radius 3 is 2.24 bits per heavy atom. The molecule has 1 heterocycles. The van der Waals surface area contributed by atoms with E-state index in [4.69, 9.17) is 5.26 Å². The Morgan fingerprint density at radius 1 is 1.12 bits per heavy atom. The Kier molecular flexibility index (Phi) is 2.99. The van der Waals surface area contributed by atoms with Crippen LogP contribution in [0.3, 0.4) is 0 Å². The highest BCUT2D eigenvalue weighted by Gasteiger charge is 2.15. The second kappa shape index (κ2) is 4.31. The zero-order chi connectivity index (χ0) is 12.6. The molecule has 0 fully saturated rings. The number of hydrogen-bond acceptors (Lipinski definition) is 3. The Morgan fingerprint density at radius 2 is 1.71 bits per heavy atom. The fourth-order valence-electron chi connectivity index (χ4n) is 2.23. The SMILES string of the molecule is Cc1cc(C)c(-c2nc(C)sc2C#N)c(C)c1. The summed E-state index contributed by atoms with van der Waals surface area (Å²) in [5.41, 5.74) is 5.56. The molecule has 2 nitrogen and oxygen atoms in total. The number of aromatic nitrogens is 1. The third kappa shape index (κ3) is 2.09. The van der Waals surface area contributed by atoms with Crippen LogP contribution in [0.4, 0.5) is 0 Å². The number of benzene rings is 1. The van der Waals surface area contributed by atoms with E-state index in [0.717, 1.165) is 16.3 Å². The van der Waals surface area contributed by atoms with Crippen molar-refractivity contribution < 1.29 is 0 Å². The summed E-state index contributed by atoms with van der Waals surface area (Å²) in [6, 6.07) is 6.51. The van der Waals surface area contributed by atoms with E-state index in [-0.39, 0.29) is 0 Å². The van der Waals surface area contributed by atoms with Gasteiger partial charge in [-0.15, -0.1) is 11.3 Å². The van der Waals surface area contributed by atoms with Gasteiger partial charge in [0.1, 0.15) is 10.9 Å². The van der Waals surface area contributed by atoms with Crippen LogP contribution < -0.4 is 0 Å². The molecule has 1 aromatic heterocycles. The smallest absolute Gasteiger partial charge is 0.132 e. The van der Waals surface area contributed by atoms with Crippen molar-refractivity contribution in [3.05, 3.63) is 38.7 Å². The first kappa shape index (κ1) is 11.8. The second-order valence-electron chi connectivity index (χ2n) is 4.30. The first-order valence-electron chi connectivity index (χ1n) is 5.48. The monoisotopic (exact) mass is 242 g/mol. The molecule has 0 saturated heterocycles. The van der Waals surface area contributed by atoms with E-state index < -0.39 is 0 Å². The van der Waals surface area contributed by atoms with Crippen molar-refractivity contribution in [1.82, 2.24) is 4.98 Å². The van der Waals surface area contributed by atoms with Crippen LogP contribution in [0.2, 0.25) is 0 Å². The molecule has 17 heavy (non-hydrogen) atoms. The highest BCUT2D eigenvalue weighted by molar-refractivity contribution is 7.12. The predicted octanol–water partition coefficient (Wildman–Crippen LogP) is 3.92. The number of aryl methyl sites for hydroxylation is 4. The highest BCUT2D eigenvalue weighted by atomic mass is 32.1. The molecule has 3 heteroatoms. The molecule has 0 aliphatic carbocycles. The Balaban J connectivity index is 2.73. The lowest BCUT2D eigenvalue weighted by Crippen LogP contribution is -1.92. The van der Waals surface area contributed by atoms with Crippen LogP contribution in [0.15, 0.2) is 12.1 Å². The minimum Gasteiger partial charge on any atom is -0.240 e. The van der Waals surface area contributed by atoms with Crippen molar-refractivity contribution in [1.29, 1.82) is 5.26 Å². The van der Waals surface area contributed by atoms with Gasteiger partial charge in [-0.3, -0.25) is 0 Å². The summed E-state index contributed by atoms with van der Waals surface area (Å²) in [7, 11) is 0. The maximum absolute atomic E-state index is 9.15. The molecule has 2 rings (SSSR count). The topological polar surface area (TPSA) is 36.7 Å². The molecule has 1 aromatic carbocycles. The first-order chi connectivity index (χ1) is 8.02. The van der Waals surface area contributed by atoms with Crippen molar-refractivity contribution in [3.8, 4) is 17.3 Å². The summed E-state index contributed by atoms with van der Waals surface area (Å²) in [5, 5.41) is 10.1. The number of hydrogen-bond donors (Lipinski definition) is 0. The molecule has 0 bridgehead atoms. The summed E-state index contributed by atoms with van der Waals surface area (Å²) in [6.07, 6.45) is 0. The molecule has 0 spiro atoms. The molecule has 0 aliphatic rings.